The number of non-ortho nitro benzene ring substituents is 1. The molecule has 0 amide bonds. The van der Waals surface area contributed by atoms with Crippen molar-refractivity contribution in [1.29, 1.82) is 0 Å². The minimum Gasteiger partial charge on any atom is -0.482 e. The number of aliphatic hydroxyl groups excluding tert-OH is 1. The molecule has 0 saturated heterocycles. The molecule has 8 nitrogen and oxygen atoms in total. The Morgan fingerprint density at radius 3 is 2.80 bits per heavy atom. The molecule has 1 aliphatic rings. The number of hydrogen-bond donors (Lipinski definition) is 1. The van der Waals surface area contributed by atoms with Gasteiger partial charge in [-0.1, -0.05) is 6.07 Å². The summed E-state index contributed by atoms with van der Waals surface area (Å²) in [5.74, 6) is 0.371. The number of pyridine rings is 1. The quantitative estimate of drug-likeness (QED) is 0.665. The number of aromatic nitrogens is 1. The van der Waals surface area contributed by atoms with E-state index in [2.05, 4.69) is 0 Å². The summed E-state index contributed by atoms with van der Waals surface area (Å²) in [6, 6.07) is 7.92. The molecule has 0 spiro atoms. The standard InChI is InChI=1S/C17H18N2O6/c1-17(10-24-2)16(21)15(18-8-4-3-5-14(18)20)12-9-11(19(22)23)6-7-13(12)25-17/h3-9,15-16,21H,10H2,1-2H3. The van der Waals surface area contributed by atoms with Gasteiger partial charge in [-0.15, -0.1) is 0 Å². The van der Waals surface area contributed by atoms with Gasteiger partial charge in [-0.3, -0.25) is 14.9 Å². The fourth-order valence-electron chi connectivity index (χ4n) is 3.16. The van der Waals surface area contributed by atoms with Crippen LogP contribution in [-0.4, -0.2) is 40.0 Å². The molecule has 2 heterocycles. The number of nitro groups is 1. The fourth-order valence-corrected chi connectivity index (χ4v) is 3.16. The largest absolute Gasteiger partial charge is 0.482 e. The molecule has 3 atom stereocenters. The molecule has 1 aromatic carbocycles. The molecule has 0 fully saturated rings. The molecule has 1 aliphatic heterocycles. The van der Waals surface area contributed by atoms with Crippen LogP contribution in [-0.2, 0) is 4.74 Å². The third-order valence-corrected chi connectivity index (χ3v) is 4.37. The number of ether oxygens (including phenoxy) is 2. The van der Waals surface area contributed by atoms with E-state index in [9.17, 15) is 20.0 Å². The highest BCUT2D eigenvalue weighted by Crippen LogP contribution is 2.43. The second-order valence-corrected chi connectivity index (χ2v) is 6.16. The first kappa shape index (κ1) is 17.1. The van der Waals surface area contributed by atoms with E-state index in [-0.39, 0.29) is 17.9 Å². The molecular weight excluding hydrogens is 328 g/mol. The van der Waals surface area contributed by atoms with E-state index < -0.39 is 22.7 Å². The van der Waals surface area contributed by atoms with E-state index in [4.69, 9.17) is 9.47 Å². The molecule has 0 aliphatic carbocycles. The highest BCUT2D eigenvalue weighted by Gasteiger charge is 2.47. The minimum absolute atomic E-state index is 0.0860. The van der Waals surface area contributed by atoms with E-state index in [1.165, 1.54) is 42.1 Å². The van der Waals surface area contributed by atoms with Crippen LogP contribution in [0.2, 0.25) is 0 Å². The maximum atomic E-state index is 12.3. The molecule has 3 rings (SSSR count). The molecule has 1 N–H and O–H groups in total. The van der Waals surface area contributed by atoms with Crippen molar-refractivity contribution in [2.45, 2.75) is 24.7 Å². The Morgan fingerprint density at radius 2 is 2.16 bits per heavy atom. The van der Waals surface area contributed by atoms with Gasteiger partial charge in [0, 0.05) is 37.1 Å². The second kappa shape index (κ2) is 6.30. The van der Waals surface area contributed by atoms with E-state index in [1.54, 1.807) is 19.1 Å². The first-order valence-corrected chi connectivity index (χ1v) is 7.69. The number of fused-ring (bicyclic) bond motifs is 1. The lowest BCUT2D eigenvalue weighted by Crippen LogP contribution is -2.56. The van der Waals surface area contributed by atoms with Gasteiger partial charge in [0.25, 0.3) is 11.2 Å². The summed E-state index contributed by atoms with van der Waals surface area (Å²) in [4.78, 5) is 22.9. The monoisotopic (exact) mass is 346 g/mol. The highest BCUT2D eigenvalue weighted by atomic mass is 16.6. The van der Waals surface area contributed by atoms with Crippen molar-refractivity contribution in [3.63, 3.8) is 0 Å². The fraction of sp³-hybridized carbons (Fsp3) is 0.353. The van der Waals surface area contributed by atoms with Crippen LogP contribution in [0, 0.1) is 10.1 Å². The Balaban J connectivity index is 2.23. The normalized spacial score (nSPS) is 25.1. The second-order valence-electron chi connectivity index (χ2n) is 6.16. The Hall–Kier alpha value is -2.71. The van der Waals surface area contributed by atoms with Gasteiger partial charge < -0.3 is 19.1 Å². The number of methoxy groups -OCH3 is 1. The van der Waals surface area contributed by atoms with E-state index in [1.807, 2.05) is 0 Å². The SMILES string of the molecule is COCC1(C)Oc2ccc([N+](=O)[O-])cc2C(n2ccccc2=O)C1O. The minimum atomic E-state index is -1.15. The molecular formula is C17H18N2O6. The molecule has 3 unspecified atom stereocenters. The van der Waals surface area contributed by atoms with Crippen LogP contribution in [0.1, 0.15) is 18.5 Å². The summed E-state index contributed by atoms with van der Waals surface area (Å²) in [6.07, 6.45) is 0.388. The molecule has 0 radical (unpaired) electrons. The van der Waals surface area contributed by atoms with Crippen molar-refractivity contribution in [3.8, 4) is 5.75 Å². The zero-order valence-electron chi connectivity index (χ0n) is 13.8. The van der Waals surface area contributed by atoms with Gasteiger partial charge in [0.15, 0.2) is 5.60 Å². The molecule has 25 heavy (non-hydrogen) atoms. The molecule has 2 aromatic rings. The maximum absolute atomic E-state index is 12.3. The third kappa shape index (κ3) is 2.90. The van der Waals surface area contributed by atoms with Gasteiger partial charge in [0.2, 0.25) is 0 Å². The van der Waals surface area contributed by atoms with Crippen molar-refractivity contribution in [1.82, 2.24) is 4.57 Å². The van der Waals surface area contributed by atoms with Crippen molar-refractivity contribution < 1.29 is 19.5 Å². The summed E-state index contributed by atoms with van der Waals surface area (Å²) < 4.78 is 12.4. The van der Waals surface area contributed by atoms with Gasteiger partial charge in [0.05, 0.1) is 17.6 Å². The van der Waals surface area contributed by atoms with E-state index in [0.29, 0.717) is 11.3 Å². The van der Waals surface area contributed by atoms with Crippen molar-refractivity contribution in [3.05, 3.63) is 68.6 Å². The van der Waals surface area contributed by atoms with Gasteiger partial charge in [-0.2, -0.15) is 0 Å². The van der Waals surface area contributed by atoms with E-state index in [0.717, 1.165) is 0 Å². The van der Waals surface area contributed by atoms with Crippen molar-refractivity contribution in [2.24, 2.45) is 0 Å². The Bertz CT molecular complexity index is 864. The van der Waals surface area contributed by atoms with Crippen LogP contribution < -0.4 is 10.3 Å². The predicted molar refractivity (Wildman–Crippen MR) is 88.9 cm³/mol. The summed E-state index contributed by atoms with van der Waals surface area (Å²) in [5, 5.41) is 22.1. The van der Waals surface area contributed by atoms with Gasteiger partial charge in [-0.25, -0.2) is 0 Å². The van der Waals surface area contributed by atoms with Crippen LogP contribution in [0.4, 0.5) is 5.69 Å². The summed E-state index contributed by atoms with van der Waals surface area (Å²) in [7, 11) is 1.48. The topological polar surface area (TPSA) is 104 Å². The predicted octanol–water partition coefficient (Wildman–Crippen LogP) is 1.50. The first-order valence-electron chi connectivity index (χ1n) is 7.69. The molecule has 1 aromatic heterocycles. The molecule has 0 saturated carbocycles. The lowest BCUT2D eigenvalue weighted by atomic mass is 9.85. The van der Waals surface area contributed by atoms with Gasteiger partial charge >= 0.3 is 0 Å². The van der Waals surface area contributed by atoms with Gasteiger partial charge in [0.1, 0.15) is 11.9 Å². The summed E-state index contributed by atoms with van der Waals surface area (Å²) >= 11 is 0. The first-order chi connectivity index (χ1) is 11.9. The number of hydrogen-bond acceptors (Lipinski definition) is 6. The molecule has 132 valence electrons. The summed E-state index contributed by atoms with van der Waals surface area (Å²) in [6.45, 7) is 1.76. The molecule has 8 heteroatoms. The zero-order chi connectivity index (χ0) is 18.2. The Morgan fingerprint density at radius 1 is 1.40 bits per heavy atom. The number of benzene rings is 1. The maximum Gasteiger partial charge on any atom is 0.270 e. The Labute approximate surface area is 143 Å². The van der Waals surface area contributed by atoms with Crippen LogP contribution >= 0.6 is 0 Å². The smallest absolute Gasteiger partial charge is 0.270 e. The van der Waals surface area contributed by atoms with E-state index >= 15 is 0 Å². The zero-order valence-corrected chi connectivity index (χ0v) is 13.8. The average Bonchev–Trinajstić information content (AvgIpc) is 2.57. The van der Waals surface area contributed by atoms with Crippen LogP contribution in [0.3, 0.4) is 0 Å². The van der Waals surface area contributed by atoms with Crippen molar-refractivity contribution in [2.75, 3.05) is 13.7 Å². The number of aliphatic hydroxyl groups is 1. The highest BCUT2D eigenvalue weighted by molar-refractivity contribution is 5.48. The number of nitro benzene ring substituents is 1. The van der Waals surface area contributed by atoms with Crippen LogP contribution in [0.25, 0.3) is 0 Å². The summed E-state index contributed by atoms with van der Waals surface area (Å²) in [5.41, 5.74) is -1.20. The van der Waals surface area contributed by atoms with Crippen LogP contribution in [0.5, 0.6) is 5.75 Å². The number of nitrogens with zero attached hydrogens (tertiary/aromatic N) is 2. The average molecular weight is 346 g/mol. The van der Waals surface area contributed by atoms with Crippen LogP contribution in [0.15, 0.2) is 47.4 Å². The molecule has 0 bridgehead atoms. The van der Waals surface area contributed by atoms with Gasteiger partial charge in [-0.05, 0) is 19.1 Å². The van der Waals surface area contributed by atoms with Crippen molar-refractivity contribution >= 4 is 5.69 Å². The lowest BCUT2D eigenvalue weighted by molar-refractivity contribution is -0.385. The number of rotatable bonds is 4. The third-order valence-electron chi connectivity index (χ3n) is 4.37. The lowest BCUT2D eigenvalue weighted by Gasteiger charge is -2.44. The Kier molecular flexibility index (Phi) is 4.32.